The van der Waals surface area contributed by atoms with Crippen LogP contribution in [0.3, 0.4) is 0 Å². The molecule has 11 heteroatoms. The quantitative estimate of drug-likeness (QED) is 0.258. The van der Waals surface area contributed by atoms with E-state index < -0.39 is 0 Å². The highest BCUT2D eigenvalue weighted by atomic mass is 32.2. The summed E-state index contributed by atoms with van der Waals surface area (Å²) in [6.45, 7) is 0. The van der Waals surface area contributed by atoms with Gasteiger partial charge in [0.2, 0.25) is 0 Å². The standard InChI is InChI=1S/C25H22N4O4S3/c1-32-16-6-8-17(9-7-16)34-19-11-12-21(36-20-5-3-4-14-26-20)28-23(19)24(31)29-25-27-15-18(35-25)10-13-22(30)33-2/h3-9,11-12,14-15H,10,13H2,1-2H3,(H,27,29,31). The number of ether oxygens (including phenoxy) is 2. The van der Waals surface area contributed by atoms with E-state index in [9.17, 15) is 9.59 Å². The summed E-state index contributed by atoms with van der Waals surface area (Å²) in [5.74, 6) is 0.0910. The third kappa shape index (κ3) is 7.06. The fourth-order valence-corrected chi connectivity index (χ4v) is 5.43. The predicted molar refractivity (Wildman–Crippen MR) is 140 cm³/mol. The Kier molecular flexibility index (Phi) is 8.93. The van der Waals surface area contributed by atoms with E-state index in [4.69, 9.17) is 4.74 Å². The molecule has 0 saturated heterocycles. The number of hydrogen-bond donors (Lipinski definition) is 1. The molecule has 0 fully saturated rings. The minimum Gasteiger partial charge on any atom is -0.497 e. The van der Waals surface area contributed by atoms with Gasteiger partial charge in [-0.2, -0.15) is 0 Å². The second-order valence-electron chi connectivity index (χ2n) is 7.21. The van der Waals surface area contributed by atoms with Crippen molar-refractivity contribution in [3.05, 3.63) is 77.6 Å². The maximum atomic E-state index is 13.3. The molecule has 1 amide bonds. The number of nitrogens with one attached hydrogen (secondary N) is 1. The highest BCUT2D eigenvalue weighted by Gasteiger charge is 2.18. The number of nitrogens with zero attached hydrogens (tertiary/aromatic N) is 3. The molecule has 184 valence electrons. The second kappa shape index (κ2) is 12.5. The number of amides is 1. The van der Waals surface area contributed by atoms with Crippen molar-refractivity contribution >= 4 is 51.9 Å². The summed E-state index contributed by atoms with van der Waals surface area (Å²) in [6, 6.07) is 17.0. The molecule has 0 bridgehead atoms. The Morgan fingerprint density at radius 3 is 2.53 bits per heavy atom. The van der Waals surface area contributed by atoms with Crippen LogP contribution in [0.25, 0.3) is 0 Å². The van der Waals surface area contributed by atoms with Crippen molar-refractivity contribution in [2.45, 2.75) is 32.7 Å². The summed E-state index contributed by atoms with van der Waals surface area (Å²) in [5.41, 5.74) is 0.281. The summed E-state index contributed by atoms with van der Waals surface area (Å²) in [5, 5.41) is 4.71. The van der Waals surface area contributed by atoms with E-state index in [1.165, 1.54) is 42.0 Å². The highest BCUT2D eigenvalue weighted by Crippen LogP contribution is 2.34. The number of rotatable bonds is 10. The fourth-order valence-electron chi connectivity index (χ4n) is 2.98. The first-order chi connectivity index (χ1) is 17.5. The van der Waals surface area contributed by atoms with E-state index in [1.807, 2.05) is 54.6 Å². The molecular weight excluding hydrogens is 517 g/mol. The second-order valence-corrected chi connectivity index (χ2v) is 10.5. The van der Waals surface area contributed by atoms with Crippen LogP contribution < -0.4 is 10.1 Å². The minimum absolute atomic E-state index is 0.253. The van der Waals surface area contributed by atoms with Crippen LogP contribution in [0.4, 0.5) is 5.13 Å². The van der Waals surface area contributed by atoms with Crippen LogP contribution in [0.1, 0.15) is 21.8 Å². The van der Waals surface area contributed by atoms with E-state index in [0.29, 0.717) is 21.5 Å². The zero-order chi connectivity index (χ0) is 25.3. The lowest BCUT2D eigenvalue weighted by atomic mass is 10.3. The normalized spacial score (nSPS) is 10.6. The molecule has 3 aromatic heterocycles. The number of thiazole rings is 1. The Labute approximate surface area is 220 Å². The van der Waals surface area contributed by atoms with Crippen LogP contribution in [0.5, 0.6) is 5.75 Å². The largest absolute Gasteiger partial charge is 0.497 e. The molecular formula is C25H22N4O4S3. The Hall–Kier alpha value is -3.41. The number of aryl methyl sites for hydroxylation is 1. The number of carbonyl (C=O) groups excluding carboxylic acids is 2. The van der Waals surface area contributed by atoms with Gasteiger partial charge in [0.05, 0.1) is 20.6 Å². The van der Waals surface area contributed by atoms with Gasteiger partial charge in [0.25, 0.3) is 5.91 Å². The van der Waals surface area contributed by atoms with Crippen molar-refractivity contribution < 1.29 is 19.1 Å². The van der Waals surface area contributed by atoms with Gasteiger partial charge in [0.1, 0.15) is 21.5 Å². The molecule has 1 aromatic carbocycles. The molecule has 0 atom stereocenters. The molecule has 0 aliphatic carbocycles. The Morgan fingerprint density at radius 2 is 1.81 bits per heavy atom. The fraction of sp³-hybridized carbons (Fsp3) is 0.160. The van der Waals surface area contributed by atoms with Crippen molar-refractivity contribution in [3.8, 4) is 5.75 Å². The number of esters is 1. The van der Waals surface area contributed by atoms with Gasteiger partial charge >= 0.3 is 5.97 Å². The summed E-state index contributed by atoms with van der Waals surface area (Å²) >= 11 is 4.12. The van der Waals surface area contributed by atoms with Crippen LogP contribution in [0.2, 0.25) is 0 Å². The molecule has 0 unspecified atom stereocenters. The lowest BCUT2D eigenvalue weighted by Crippen LogP contribution is -2.15. The van der Waals surface area contributed by atoms with E-state index in [1.54, 1.807) is 19.5 Å². The summed E-state index contributed by atoms with van der Waals surface area (Å²) < 4.78 is 9.91. The first-order valence-electron chi connectivity index (χ1n) is 10.8. The van der Waals surface area contributed by atoms with Crippen molar-refractivity contribution in [3.63, 3.8) is 0 Å². The first kappa shape index (κ1) is 25.7. The predicted octanol–water partition coefficient (Wildman–Crippen LogP) is 5.60. The number of anilines is 1. The topological polar surface area (TPSA) is 103 Å². The smallest absolute Gasteiger partial charge is 0.305 e. The molecule has 4 rings (SSSR count). The van der Waals surface area contributed by atoms with Crippen LogP contribution >= 0.6 is 34.9 Å². The Morgan fingerprint density at radius 1 is 0.972 bits per heavy atom. The number of aromatic nitrogens is 3. The third-order valence-corrected chi connectivity index (χ3v) is 7.68. The average Bonchev–Trinajstić information content (AvgIpc) is 3.36. The van der Waals surface area contributed by atoms with Crippen LogP contribution in [0, 0.1) is 0 Å². The van der Waals surface area contributed by atoms with Gasteiger partial charge in [-0.25, -0.2) is 15.0 Å². The first-order valence-corrected chi connectivity index (χ1v) is 13.2. The van der Waals surface area contributed by atoms with E-state index in [-0.39, 0.29) is 24.0 Å². The van der Waals surface area contributed by atoms with Gasteiger partial charge in [-0.1, -0.05) is 29.6 Å². The van der Waals surface area contributed by atoms with Gasteiger partial charge in [0.15, 0.2) is 5.13 Å². The molecule has 0 radical (unpaired) electrons. The third-order valence-electron chi connectivity index (χ3n) is 4.76. The molecule has 3 heterocycles. The van der Waals surface area contributed by atoms with Gasteiger partial charge < -0.3 is 9.47 Å². The van der Waals surface area contributed by atoms with Crippen LogP contribution in [-0.4, -0.2) is 41.0 Å². The summed E-state index contributed by atoms with van der Waals surface area (Å²) in [6.07, 6.45) is 4.11. The van der Waals surface area contributed by atoms with Gasteiger partial charge in [0, 0.05) is 27.1 Å². The molecule has 1 N–H and O–H groups in total. The van der Waals surface area contributed by atoms with Crippen LogP contribution in [-0.2, 0) is 16.0 Å². The maximum Gasteiger partial charge on any atom is 0.305 e. The van der Waals surface area contributed by atoms with Gasteiger partial charge in [-0.3, -0.25) is 14.9 Å². The van der Waals surface area contributed by atoms with Gasteiger partial charge in [-0.05, 0) is 55.0 Å². The molecule has 0 aliphatic heterocycles. The Bertz CT molecular complexity index is 1330. The van der Waals surface area contributed by atoms with Crippen molar-refractivity contribution in [2.75, 3.05) is 19.5 Å². The maximum absolute atomic E-state index is 13.3. The number of hydrogen-bond acceptors (Lipinski definition) is 10. The molecule has 0 saturated carbocycles. The summed E-state index contributed by atoms with van der Waals surface area (Å²) in [4.78, 5) is 40.5. The summed E-state index contributed by atoms with van der Waals surface area (Å²) in [7, 11) is 2.97. The van der Waals surface area contributed by atoms with Gasteiger partial charge in [-0.15, -0.1) is 11.3 Å². The molecule has 4 aromatic rings. The van der Waals surface area contributed by atoms with Crippen molar-refractivity contribution in [1.82, 2.24) is 15.0 Å². The molecule has 0 spiro atoms. The number of methoxy groups -OCH3 is 2. The van der Waals surface area contributed by atoms with E-state index >= 15 is 0 Å². The SMILES string of the molecule is COC(=O)CCc1cnc(NC(=O)c2nc(Sc3ccccn3)ccc2Sc2ccc(OC)cc2)s1. The van der Waals surface area contributed by atoms with Crippen LogP contribution in [0.15, 0.2) is 86.8 Å². The highest BCUT2D eigenvalue weighted by molar-refractivity contribution is 7.99. The van der Waals surface area contributed by atoms with Crippen molar-refractivity contribution in [2.24, 2.45) is 0 Å². The number of benzene rings is 1. The lowest BCUT2D eigenvalue weighted by Gasteiger charge is -2.10. The molecule has 8 nitrogen and oxygen atoms in total. The van der Waals surface area contributed by atoms with Crippen molar-refractivity contribution in [1.29, 1.82) is 0 Å². The lowest BCUT2D eigenvalue weighted by molar-refractivity contribution is -0.140. The zero-order valence-corrected chi connectivity index (χ0v) is 21.9. The Balaban J connectivity index is 1.56. The van der Waals surface area contributed by atoms with E-state index in [2.05, 4.69) is 25.0 Å². The number of carbonyl (C=O) groups is 2. The zero-order valence-electron chi connectivity index (χ0n) is 19.5. The van der Waals surface area contributed by atoms with E-state index in [0.717, 1.165) is 20.5 Å². The monoisotopic (exact) mass is 538 g/mol. The average molecular weight is 539 g/mol. The number of pyridine rings is 2. The minimum atomic E-state index is -0.372. The molecule has 0 aliphatic rings. The molecule has 36 heavy (non-hydrogen) atoms.